The Labute approximate surface area is 340 Å². The molecule has 298 valence electrons. The Balaban J connectivity index is 0.813. The second-order valence-electron chi connectivity index (χ2n) is 14.9. The van der Waals surface area contributed by atoms with E-state index < -0.39 is 23.8 Å². The summed E-state index contributed by atoms with van der Waals surface area (Å²) >= 11 is 1.57. The van der Waals surface area contributed by atoms with Crippen LogP contribution in [-0.4, -0.2) is 83.6 Å². The minimum atomic E-state index is -0.967. The average molecular weight is 800 g/mol. The van der Waals surface area contributed by atoms with Gasteiger partial charge in [-0.25, -0.2) is 15.0 Å². The van der Waals surface area contributed by atoms with E-state index in [1.165, 1.54) is 0 Å². The molecule has 1 unspecified atom stereocenters. The minimum Gasteiger partial charge on any atom is -0.382 e. The van der Waals surface area contributed by atoms with E-state index in [2.05, 4.69) is 29.9 Å². The topological polar surface area (TPSA) is 185 Å². The number of piperidine rings is 1. The van der Waals surface area contributed by atoms with E-state index in [-0.39, 0.29) is 30.7 Å². The lowest BCUT2D eigenvalue weighted by Gasteiger charge is -2.27. The van der Waals surface area contributed by atoms with Gasteiger partial charge < -0.3 is 11.1 Å². The van der Waals surface area contributed by atoms with E-state index in [0.29, 0.717) is 28.3 Å². The summed E-state index contributed by atoms with van der Waals surface area (Å²) in [5.74, 6) is 0.490. The van der Waals surface area contributed by atoms with E-state index >= 15 is 0 Å². The number of rotatable bonds is 15. The zero-order chi connectivity index (χ0) is 40.2. The van der Waals surface area contributed by atoms with E-state index in [1.54, 1.807) is 60.6 Å². The number of thioether (sulfide) groups is 1. The number of imide groups is 2. The zero-order valence-electron chi connectivity index (χ0n) is 32.1. The number of pyridine rings is 1. The average Bonchev–Trinajstić information content (AvgIpc) is 3.93. The number of carbonyl (C=O) groups excluding carboxylic acids is 5. The molecule has 4 N–H and O–H groups in total. The fourth-order valence-electron chi connectivity index (χ4n) is 8.22. The Hall–Kier alpha value is -5.93. The molecule has 14 nitrogen and oxygen atoms in total. The van der Waals surface area contributed by atoms with Gasteiger partial charge in [0.2, 0.25) is 11.8 Å². The summed E-state index contributed by atoms with van der Waals surface area (Å²) in [6, 6.07) is 17.2. The highest BCUT2D eigenvalue weighted by Gasteiger charge is 2.45. The lowest BCUT2D eigenvalue weighted by Crippen LogP contribution is -2.54. The number of hydrogen-bond donors (Lipinski definition) is 3. The third-order valence-electron chi connectivity index (χ3n) is 11.1. The van der Waals surface area contributed by atoms with Gasteiger partial charge in [-0.15, -0.1) is 11.8 Å². The molecule has 0 saturated carbocycles. The number of nitrogens with two attached hydrogens (primary N) is 1. The van der Waals surface area contributed by atoms with Gasteiger partial charge in [0.05, 0.1) is 17.2 Å². The molecule has 3 aliphatic rings. The van der Waals surface area contributed by atoms with Crippen LogP contribution in [-0.2, 0) is 9.59 Å². The molecule has 5 amide bonds. The van der Waals surface area contributed by atoms with Crippen LogP contribution in [0.3, 0.4) is 0 Å². The largest absolute Gasteiger partial charge is 0.382 e. The number of nitrogens with zero attached hydrogens (tertiary/aromatic N) is 6. The Kier molecular flexibility index (Phi) is 11.6. The minimum absolute atomic E-state index is 0.0952. The van der Waals surface area contributed by atoms with Gasteiger partial charge in [0.15, 0.2) is 0 Å². The second kappa shape index (κ2) is 17.3. The molecule has 8 rings (SSSR count). The number of aromatic nitrogens is 4. The molecular weight excluding hydrogens is 755 g/mol. The molecule has 2 atom stereocenters. The Morgan fingerprint density at radius 1 is 0.862 bits per heavy atom. The summed E-state index contributed by atoms with van der Waals surface area (Å²) in [5.41, 5.74) is 10.0. The summed E-state index contributed by atoms with van der Waals surface area (Å²) in [6.07, 6.45) is 14.1. The molecule has 0 radical (unpaired) electrons. The number of anilines is 2. The fraction of sp³-hybridized carbons (Fsp3) is 0.349. The number of likely N-dealkylation sites (tertiary alicyclic amines) is 1. The molecule has 0 spiro atoms. The highest BCUT2D eigenvalue weighted by Crippen LogP contribution is 2.37. The van der Waals surface area contributed by atoms with Gasteiger partial charge in [0, 0.05) is 41.0 Å². The molecule has 3 aromatic heterocycles. The summed E-state index contributed by atoms with van der Waals surface area (Å²) in [5, 5.41) is 5.07. The van der Waals surface area contributed by atoms with Gasteiger partial charge in [-0.05, 0) is 87.3 Å². The van der Waals surface area contributed by atoms with Crippen molar-refractivity contribution in [1.82, 2.24) is 34.5 Å². The van der Waals surface area contributed by atoms with Crippen LogP contribution >= 0.6 is 11.8 Å². The number of fused-ring (bicyclic) bond motifs is 2. The lowest BCUT2D eigenvalue weighted by molar-refractivity contribution is -0.136. The molecule has 3 aliphatic heterocycles. The van der Waals surface area contributed by atoms with Crippen molar-refractivity contribution in [1.29, 1.82) is 0 Å². The quantitative estimate of drug-likeness (QED) is 0.0614. The maximum atomic E-state index is 13.4. The van der Waals surface area contributed by atoms with E-state index in [9.17, 15) is 24.0 Å². The van der Waals surface area contributed by atoms with Crippen molar-refractivity contribution in [3.05, 3.63) is 102 Å². The number of carbonyl (C=O) groups is 5. The standard InChI is InChI=1S/C43H45N9O5S/c44-38-37-36(27-15-17-28(18-16-27)40(54)47-33-14-5-6-21-45-33)49-39(51(37)25-22-46-38)30-12-10-24-50(30)23-7-3-1-2-4-8-26-58-32-13-9-11-29-35(32)43(57)52(42(29)56)31-19-20-34(53)48-41(31)55/h5-6,9,11,13-18,21-22,25,30-31H,1-4,7-8,10,12,19-20,23-24,26H2,(H2,44,46)(H,45,47,54)(H,48,53,55)/t30-,31?/m0/s1. The smallest absolute Gasteiger partial charge is 0.263 e. The maximum Gasteiger partial charge on any atom is 0.263 e. The predicted molar refractivity (Wildman–Crippen MR) is 220 cm³/mol. The van der Waals surface area contributed by atoms with Crippen molar-refractivity contribution in [2.45, 2.75) is 81.2 Å². The Morgan fingerprint density at radius 3 is 2.47 bits per heavy atom. The highest BCUT2D eigenvalue weighted by molar-refractivity contribution is 7.99. The summed E-state index contributed by atoms with van der Waals surface area (Å²) in [6.45, 7) is 1.99. The first-order valence-electron chi connectivity index (χ1n) is 19.9. The van der Waals surface area contributed by atoms with Gasteiger partial charge >= 0.3 is 0 Å². The van der Waals surface area contributed by atoms with Crippen LogP contribution in [0.15, 0.2) is 84.1 Å². The monoisotopic (exact) mass is 799 g/mol. The lowest BCUT2D eigenvalue weighted by atomic mass is 10.0. The van der Waals surface area contributed by atoms with Crippen LogP contribution in [0, 0.1) is 0 Å². The summed E-state index contributed by atoms with van der Waals surface area (Å²) in [7, 11) is 0. The molecule has 5 aromatic rings. The highest BCUT2D eigenvalue weighted by atomic mass is 32.2. The molecular formula is C43H45N9O5S. The number of unbranched alkanes of at least 4 members (excludes halogenated alkanes) is 5. The third-order valence-corrected chi connectivity index (χ3v) is 12.3. The molecule has 15 heteroatoms. The fourth-order valence-corrected chi connectivity index (χ4v) is 9.31. The Morgan fingerprint density at radius 2 is 1.67 bits per heavy atom. The molecule has 2 saturated heterocycles. The number of hydrogen-bond acceptors (Lipinski definition) is 11. The van der Waals surface area contributed by atoms with E-state index in [1.807, 2.05) is 30.5 Å². The van der Waals surface area contributed by atoms with Gasteiger partial charge in [-0.2, -0.15) is 0 Å². The SMILES string of the molecule is Nc1nccn2c([C@@H]3CCCN3CCCCCCCCSc3cccc4c3C(=O)N(C3CCC(=O)NC3=O)C4=O)nc(-c3ccc(C(=O)Nc4ccccn4)cc3)c12. The predicted octanol–water partition coefficient (Wildman–Crippen LogP) is 6.30. The van der Waals surface area contributed by atoms with Gasteiger partial charge in [-0.1, -0.05) is 49.9 Å². The van der Waals surface area contributed by atoms with Crippen LogP contribution in [0.4, 0.5) is 11.6 Å². The number of benzene rings is 2. The maximum absolute atomic E-state index is 13.4. The van der Waals surface area contributed by atoms with E-state index in [0.717, 1.165) is 103 Å². The van der Waals surface area contributed by atoms with Gasteiger partial charge in [-0.3, -0.25) is 43.5 Å². The molecule has 58 heavy (non-hydrogen) atoms. The van der Waals surface area contributed by atoms with Crippen molar-refractivity contribution >= 4 is 58.5 Å². The van der Waals surface area contributed by atoms with Crippen molar-refractivity contribution in [2.24, 2.45) is 0 Å². The number of amides is 5. The van der Waals surface area contributed by atoms with Crippen molar-refractivity contribution in [3.8, 4) is 11.3 Å². The van der Waals surface area contributed by atoms with Crippen LogP contribution < -0.4 is 16.4 Å². The van der Waals surface area contributed by atoms with Crippen molar-refractivity contribution in [3.63, 3.8) is 0 Å². The summed E-state index contributed by atoms with van der Waals surface area (Å²) in [4.78, 5) is 81.5. The first kappa shape index (κ1) is 38.9. The second-order valence-corrected chi connectivity index (χ2v) is 16.0. The van der Waals surface area contributed by atoms with E-state index in [4.69, 9.17) is 10.7 Å². The van der Waals surface area contributed by atoms with Crippen molar-refractivity contribution in [2.75, 3.05) is 29.9 Å². The third kappa shape index (κ3) is 7.96. The molecule has 0 aliphatic carbocycles. The van der Waals surface area contributed by atoms with Crippen LogP contribution in [0.1, 0.15) is 107 Å². The van der Waals surface area contributed by atoms with Gasteiger partial charge in [0.1, 0.15) is 34.7 Å². The molecule has 2 aromatic carbocycles. The van der Waals surface area contributed by atoms with Crippen LogP contribution in [0.2, 0.25) is 0 Å². The van der Waals surface area contributed by atoms with Gasteiger partial charge in [0.25, 0.3) is 17.7 Å². The molecule has 6 heterocycles. The van der Waals surface area contributed by atoms with Crippen molar-refractivity contribution < 1.29 is 24.0 Å². The zero-order valence-corrected chi connectivity index (χ0v) is 32.9. The normalized spacial score (nSPS) is 18.2. The first-order chi connectivity index (χ1) is 28.3. The molecule has 0 bridgehead atoms. The molecule has 2 fully saturated rings. The number of imidazole rings is 1. The first-order valence-corrected chi connectivity index (χ1v) is 20.9. The number of nitrogen functional groups attached to an aromatic ring is 1. The summed E-state index contributed by atoms with van der Waals surface area (Å²) < 4.78 is 2.08. The number of nitrogens with one attached hydrogen (secondary N) is 2. The van der Waals surface area contributed by atoms with Crippen LogP contribution in [0.5, 0.6) is 0 Å². The van der Waals surface area contributed by atoms with Crippen LogP contribution in [0.25, 0.3) is 16.8 Å². The Bertz CT molecular complexity index is 2370.